The van der Waals surface area contributed by atoms with Crippen LogP contribution in [-0.2, 0) is 0 Å². The molecule has 0 aliphatic rings. The van der Waals surface area contributed by atoms with E-state index in [-0.39, 0.29) is 12.4 Å². The molecule has 0 atom stereocenters. The van der Waals surface area contributed by atoms with Crippen LogP contribution < -0.4 is 5.32 Å². The van der Waals surface area contributed by atoms with Crippen LogP contribution in [-0.4, -0.2) is 39.1 Å². The molecular weight excluding hydrogens is 136 g/mol. The average molecular weight is 153 g/mol. The maximum absolute atomic E-state index is 3.10. The number of hydrogen-bond donors (Lipinski definition) is 1. The summed E-state index contributed by atoms with van der Waals surface area (Å²) in [6.07, 6.45) is 1.24. The fourth-order valence-corrected chi connectivity index (χ4v) is 0.572. The van der Waals surface area contributed by atoms with Crippen LogP contribution in [0.2, 0.25) is 0 Å². The highest BCUT2D eigenvalue weighted by Crippen LogP contribution is 1.78. The highest BCUT2D eigenvalue weighted by Gasteiger charge is 1.85. The zero-order chi connectivity index (χ0) is 6.41. The molecule has 0 spiro atoms. The first kappa shape index (κ1) is 11.9. The van der Waals surface area contributed by atoms with E-state index in [1.165, 1.54) is 13.0 Å². The van der Waals surface area contributed by atoms with E-state index in [0.29, 0.717) is 0 Å². The number of hydrogen-bond acceptors (Lipinski definition) is 2. The van der Waals surface area contributed by atoms with Gasteiger partial charge in [-0.2, -0.15) is 0 Å². The molecule has 0 aliphatic carbocycles. The number of nitrogens with one attached hydrogen (secondary N) is 1. The third-order valence-electron chi connectivity index (χ3n) is 1.03. The van der Waals surface area contributed by atoms with E-state index in [2.05, 4.69) is 24.3 Å². The predicted molar refractivity (Wildman–Crippen MR) is 44.3 cm³/mol. The van der Waals surface area contributed by atoms with Crippen LogP contribution in [0.4, 0.5) is 0 Å². The summed E-state index contributed by atoms with van der Waals surface area (Å²) in [7, 11) is 6.17. The van der Waals surface area contributed by atoms with E-state index >= 15 is 0 Å². The van der Waals surface area contributed by atoms with Gasteiger partial charge in [0.1, 0.15) is 0 Å². The quantitative estimate of drug-likeness (QED) is 0.593. The minimum Gasteiger partial charge on any atom is -0.320 e. The van der Waals surface area contributed by atoms with Gasteiger partial charge in [-0.25, -0.2) is 0 Å². The molecule has 0 radical (unpaired) electrons. The molecule has 0 fully saturated rings. The zero-order valence-electron chi connectivity index (χ0n) is 6.48. The summed E-state index contributed by atoms with van der Waals surface area (Å²) in [6.45, 7) is 2.30. The standard InChI is InChI=1S/C6H16N2.ClH/c1-7-5-4-6-8(2)3;/h7H,4-6H2,1-3H3;1H. The van der Waals surface area contributed by atoms with Crippen molar-refractivity contribution in [3.05, 3.63) is 0 Å². The molecule has 0 aromatic heterocycles. The Kier molecular flexibility index (Phi) is 10.9. The third kappa shape index (κ3) is 11.7. The second kappa shape index (κ2) is 8.21. The SMILES string of the molecule is CNCCCN(C)C.Cl. The summed E-state index contributed by atoms with van der Waals surface area (Å²) in [4.78, 5) is 2.19. The molecule has 9 heavy (non-hydrogen) atoms. The van der Waals surface area contributed by atoms with Crippen molar-refractivity contribution in [3.8, 4) is 0 Å². The molecule has 0 bridgehead atoms. The highest BCUT2D eigenvalue weighted by atomic mass is 35.5. The topological polar surface area (TPSA) is 15.3 Å². The van der Waals surface area contributed by atoms with Gasteiger partial charge in [-0.3, -0.25) is 0 Å². The van der Waals surface area contributed by atoms with Crippen LogP contribution in [0.15, 0.2) is 0 Å². The summed E-state index contributed by atoms with van der Waals surface area (Å²) >= 11 is 0. The molecule has 0 saturated carbocycles. The van der Waals surface area contributed by atoms with Crippen LogP contribution in [0.5, 0.6) is 0 Å². The van der Waals surface area contributed by atoms with Gasteiger partial charge in [0.25, 0.3) is 0 Å². The fourth-order valence-electron chi connectivity index (χ4n) is 0.572. The van der Waals surface area contributed by atoms with Crippen molar-refractivity contribution in [2.75, 3.05) is 34.2 Å². The molecule has 0 amide bonds. The van der Waals surface area contributed by atoms with E-state index in [4.69, 9.17) is 0 Å². The largest absolute Gasteiger partial charge is 0.320 e. The van der Waals surface area contributed by atoms with Crippen LogP contribution in [0, 0.1) is 0 Å². The molecule has 0 rings (SSSR count). The van der Waals surface area contributed by atoms with Gasteiger partial charge in [0, 0.05) is 0 Å². The lowest BCUT2D eigenvalue weighted by molar-refractivity contribution is 0.397. The normalized spacial score (nSPS) is 9.33. The van der Waals surface area contributed by atoms with E-state index in [0.717, 1.165) is 6.54 Å². The zero-order valence-corrected chi connectivity index (χ0v) is 7.29. The minimum absolute atomic E-state index is 0. The van der Waals surface area contributed by atoms with E-state index < -0.39 is 0 Å². The van der Waals surface area contributed by atoms with Crippen molar-refractivity contribution in [1.29, 1.82) is 0 Å². The van der Waals surface area contributed by atoms with Gasteiger partial charge >= 0.3 is 0 Å². The smallest absolute Gasteiger partial charge is 0.00127 e. The Bertz CT molecular complexity index is 48.3. The fraction of sp³-hybridized carbons (Fsp3) is 1.00. The Morgan fingerprint density at radius 2 is 1.89 bits per heavy atom. The average Bonchev–Trinajstić information content (AvgIpc) is 1.66. The van der Waals surface area contributed by atoms with Crippen molar-refractivity contribution >= 4 is 12.4 Å². The Morgan fingerprint density at radius 1 is 1.33 bits per heavy atom. The Labute approximate surface area is 64.0 Å². The first-order chi connectivity index (χ1) is 3.77. The van der Waals surface area contributed by atoms with Gasteiger partial charge in [-0.15, -0.1) is 12.4 Å². The summed E-state index contributed by atoms with van der Waals surface area (Å²) in [5.74, 6) is 0. The van der Waals surface area contributed by atoms with Crippen LogP contribution >= 0.6 is 12.4 Å². The molecule has 0 heterocycles. The van der Waals surface area contributed by atoms with Gasteiger partial charge in [-0.05, 0) is 40.7 Å². The van der Waals surface area contributed by atoms with Gasteiger partial charge in [0.05, 0.1) is 0 Å². The van der Waals surface area contributed by atoms with Crippen LogP contribution in [0.25, 0.3) is 0 Å². The highest BCUT2D eigenvalue weighted by molar-refractivity contribution is 5.85. The second-order valence-electron chi connectivity index (χ2n) is 2.26. The van der Waals surface area contributed by atoms with Crippen molar-refractivity contribution in [3.63, 3.8) is 0 Å². The van der Waals surface area contributed by atoms with E-state index in [9.17, 15) is 0 Å². The molecule has 0 unspecified atom stereocenters. The molecule has 2 nitrogen and oxygen atoms in total. The number of rotatable bonds is 4. The van der Waals surface area contributed by atoms with Gasteiger partial charge in [-0.1, -0.05) is 0 Å². The minimum atomic E-state index is 0. The van der Waals surface area contributed by atoms with E-state index in [1.807, 2.05) is 7.05 Å². The monoisotopic (exact) mass is 152 g/mol. The van der Waals surface area contributed by atoms with E-state index in [1.54, 1.807) is 0 Å². The van der Waals surface area contributed by atoms with Crippen LogP contribution in [0.3, 0.4) is 0 Å². The van der Waals surface area contributed by atoms with Crippen molar-refractivity contribution < 1.29 is 0 Å². The Balaban J connectivity index is 0. The molecule has 0 aromatic rings. The Hall–Kier alpha value is 0.210. The van der Waals surface area contributed by atoms with Crippen LogP contribution in [0.1, 0.15) is 6.42 Å². The maximum Gasteiger partial charge on any atom is -0.00127 e. The molecule has 0 aliphatic heterocycles. The molecular formula is C6H17ClN2. The van der Waals surface area contributed by atoms with Crippen molar-refractivity contribution in [2.24, 2.45) is 0 Å². The van der Waals surface area contributed by atoms with Crippen molar-refractivity contribution in [2.45, 2.75) is 6.42 Å². The predicted octanol–water partition coefficient (Wildman–Crippen LogP) is 0.579. The summed E-state index contributed by atoms with van der Waals surface area (Å²) in [6, 6.07) is 0. The maximum atomic E-state index is 3.10. The van der Waals surface area contributed by atoms with Crippen molar-refractivity contribution in [1.82, 2.24) is 10.2 Å². The molecule has 1 N–H and O–H groups in total. The van der Waals surface area contributed by atoms with Gasteiger partial charge in [0.15, 0.2) is 0 Å². The summed E-state index contributed by atoms with van der Waals surface area (Å²) in [5, 5.41) is 3.10. The lowest BCUT2D eigenvalue weighted by Gasteiger charge is -2.07. The van der Waals surface area contributed by atoms with Gasteiger partial charge < -0.3 is 10.2 Å². The molecule has 3 heteroatoms. The van der Waals surface area contributed by atoms with Gasteiger partial charge in [0.2, 0.25) is 0 Å². The molecule has 0 aromatic carbocycles. The molecule has 58 valence electrons. The summed E-state index contributed by atoms with van der Waals surface area (Å²) in [5.41, 5.74) is 0. The third-order valence-corrected chi connectivity index (χ3v) is 1.03. The Morgan fingerprint density at radius 3 is 2.22 bits per heavy atom. The first-order valence-electron chi connectivity index (χ1n) is 3.06. The summed E-state index contributed by atoms with van der Waals surface area (Å²) < 4.78 is 0. The second-order valence-corrected chi connectivity index (χ2v) is 2.26. The lowest BCUT2D eigenvalue weighted by atomic mass is 10.4. The lowest BCUT2D eigenvalue weighted by Crippen LogP contribution is -2.18. The first-order valence-corrected chi connectivity index (χ1v) is 3.06. The number of halogens is 1. The molecule has 0 saturated heterocycles. The number of nitrogens with zero attached hydrogens (tertiary/aromatic N) is 1.